The number of aliphatic imine (C=N–C) groups is 1. The Hall–Kier alpha value is -1.35. The Morgan fingerprint density at radius 1 is 0.960 bits per heavy atom. The molecule has 142 valence electrons. The van der Waals surface area contributed by atoms with E-state index in [0.29, 0.717) is 12.2 Å². The van der Waals surface area contributed by atoms with Gasteiger partial charge in [-0.25, -0.2) is 0 Å². The van der Waals surface area contributed by atoms with E-state index < -0.39 is 0 Å². The third kappa shape index (κ3) is 5.85. The van der Waals surface area contributed by atoms with Gasteiger partial charge in [-0.2, -0.15) is 0 Å². The molecular weight excluding hydrogens is 310 g/mol. The van der Waals surface area contributed by atoms with Crippen LogP contribution in [0, 0.1) is 5.41 Å². The van der Waals surface area contributed by atoms with Crippen LogP contribution in [0.25, 0.3) is 0 Å². The van der Waals surface area contributed by atoms with E-state index >= 15 is 0 Å². The Labute approximate surface area is 154 Å². The number of benzene rings is 1. The Bertz CT molecular complexity index is 611. The fourth-order valence-electron chi connectivity index (χ4n) is 2.78. The molecule has 0 aromatic heterocycles. The number of nitrogens with zero attached hydrogens (tertiary/aromatic N) is 1. The number of phenolic OH excluding ortho intramolecular Hbond substituents is 1. The molecule has 3 nitrogen and oxygen atoms in total. The van der Waals surface area contributed by atoms with Crippen LogP contribution in [0.4, 0.5) is 0 Å². The monoisotopic (exact) mass is 347 g/mol. The topological polar surface area (TPSA) is 52.8 Å². The molecule has 3 heteroatoms. The van der Waals surface area contributed by atoms with E-state index in [1.807, 2.05) is 6.07 Å². The standard InChI is InChI=1S/C22H37NO2/c1-20(2,3)16-12-15(19(25)17(13-16)21(4,5)6)14-23-18(10-11-24)22(7,8)9/h12-14,18,24-25H,10-11H2,1-9H3/t18-/m1/s1. The van der Waals surface area contributed by atoms with Gasteiger partial charge in [0.15, 0.2) is 0 Å². The van der Waals surface area contributed by atoms with Gasteiger partial charge in [-0.15, -0.1) is 0 Å². The third-order valence-corrected chi connectivity index (χ3v) is 4.61. The first kappa shape index (κ1) is 21.7. The maximum absolute atomic E-state index is 10.8. The van der Waals surface area contributed by atoms with Crippen molar-refractivity contribution < 1.29 is 10.2 Å². The van der Waals surface area contributed by atoms with Crippen molar-refractivity contribution in [3.63, 3.8) is 0 Å². The number of aliphatic hydroxyl groups excluding tert-OH is 1. The highest BCUT2D eigenvalue weighted by atomic mass is 16.3. The Kier molecular flexibility index (Phi) is 6.50. The number of phenols is 1. The minimum atomic E-state index is -0.150. The van der Waals surface area contributed by atoms with E-state index in [9.17, 15) is 10.2 Å². The first-order valence-electron chi connectivity index (χ1n) is 9.20. The quantitative estimate of drug-likeness (QED) is 0.735. The smallest absolute Gasteiger partial charge is 0.128 e. The third-order valence-electron chi connectivity index (χ3n) is 4.61. The number of aliphatic hydroxyl groups is 1. The summed E-state index contributed by atoms with van der Waals surface area (Å²) in [5.74, 6) is 0.306. The Morgan fingerprint density at radius 2 is 1.52 bits per heavy atom. The van der Waals surface area contributed by atoms with Crippen molar-refractivity contribution in [2.24, 2.45) is 10.4 Å². The molecule has 1 rings (SSSR count). The van der Waals surface area contributed by atoms with E-state index in [1.165, 1.54) is 5.56 Å². The van der Waals surface area contributed by atoms with Crippen molar-refractivity contribution in [2.75, 3.05) is 6.61 Å². The molecule has 0 aliphatic carbocycles. The minimum Gasteiger partial charge on any atom is -0.507 e. The average Bonchev–Trinajstić information content (AvgIpc) is 2.40. The molecule has 0 amide bonds. The van der Waals surface area contributed by atoms with Crippen LogP contribution in [0.1, 0.15) is 85.4 Å². The van der Waals surface area contributed by atoms with Gasteiger partial charge in [0.1, 0.15) is 5.75 Å². The van der Waals surface area contributed by atoms with Gasteiger partial charge >= 0.3 is 0 Å². The van der Waals surface area contributed by atoms with Crippen LogP contribution in [0.15, 0.2) is 17.1 Å². The van der Waals surface area contributed by atoms with Crippen LogP contribution in [0.2, 0.25) is 0 Å². The van der Waals surface area contributed by atoms with E-state index in [1.54, 1.807) is 6.21 Å². The van der Waals surface area contributed by atoms with Crippen LogP contribution in [0.3, 0.4) is 0 Å². The van der Waals surface area contributed by atoms with Gasteiger partial charge in [-0.3, -0.25) is 4.99 Å². The van der Waals surface area contributed by atoms with Crippen molar-refractivity contribution in [3.05, 3.63) is 28.8 Å². The molecule has 0 bridgehead atoms. The zero-order chi connectivity index (χ0) is 19.6. The van der Waals surface area contributed by atoms with Crippen LogP contribution in [-0.4, -0.2) is 29.1 Å². The van der Waals surface area contributed by atoms with Crippen LogP contribution < -0.4 is 0 Å². The van der Waals surface area contributed by atoms with Crippen LogP contribution in [-0.2, 0) is 10.8 Å². The van der Waals surface area contributed by atoms with E-state index in [4.69, 9.17) is 4.99 Å². The Morgan fingerprint density at radius 3 is 1.92 bits per heavy atom. The lowest BCUT2D eigenvalue weighted by atomic mass is 9.79. The first-order valence-corrected chi connectivity index (χ1v) is 9.20. The van der Waals surface area contributed by atoms with Crippen molar-refractivity contribution in [1.82, 2.24) is 0 Å². The second-order valence-corrected chi connectivity index (χ2v) is 10.1. The SMILES string of the molecule is CC(C)(C)c1cc(C=N[C@H](CCO)C(C)(C)C)c(O)c(C(C)(C)C)c1. The summed E-state index contributed by atoms with van der Waals surface area (Å²) in [4.78, 5) is 4.72. The molecule has 0 unspecified atom stereocenters. The van der Waals surface area contributed by atoms with Gasteiger partial charge in [0.05, 0.1) is 6.04 Å². The summed E-state index contributed by atoms with van der Waals surface area (Å²) in [5, 5.41) is 20.1. The molecule has 0 heterocycles. The summed E-state index contributed by atoms with van der Waals surface area (Å²) in [7, 11) is 0. The minimum absolute atomic E-state index is 0.00767. The lowest BCUT2D eigenvalue weighted by Gasteiger charge is -2.28. The van der Waals surface area contributed by atoms with Crippen LogP contribution in [0.5, 0.6) is 5.75 Å². The highest BCUT2D eigenvalue weighted by Crippen LogP contribution is 2.37. The fraction of sp³-hybridized carbons (Fsp3) is 0.682. The van der Waals surface area contributed by atoms with Gasteiger partial charge < -0.3 is 10.2 Å². The highest BCUT2D eigenvalue weighted by molar-refractivity contribution is 5.85. The van der Waals surface area contributed by atoms with Crippen molar-refractivity contribution in [2.45, 2.75) is 85.6 Å². The normalized spacial score (nSPS) is 15.0. The van der Waals surface area contributed by atoms with Gasteiger partial charge in [0.2, 0.25) is 0 Å². The molecule has 25 heavy (non-hydrogen) atoms. The summed E-state index contributed by atoms with van der Waals surface area (Å²) in [5.41, 5.74) is 2.68. The molecule has 0 fully saturated rings. The molecule has 0 saturated carbocycles. The number of hydrogen-bond acceptors (Lipinski definition) is 3. The van der Waals surface area contributed by atoms with Crippen molar-refractivity contribution in [3.8, 4) is 5.75 Å². The molecule has 2 N–H and O–H groups in total. The largest absolute Gasteiger partial charge is 0.507 e. The molecule has 0 aliphatic heterocycles. The summed E-state index contributed by atoms with van der Waals surface area (Å²) >= 11 is 0. The van der Waals surface area contributed by atoms with Gasteiger partial charge in [-0.1, -0.05) is 68.4 Å². The van der Waals surface area contributed by atoms with E-state index in [0.717, 1.165) is 11.1 Å². The first-order chi connectivity index (χ1) is 11.2. The fourth-order valence-corrected chi connectivity index (χ4v) is 2.78. The molecule has 1 aromatic rings. The number of rotatable bonds is 4. The van der Waals surface area contributed by atoms with Gasteiger partial charge in [0.25, 0.3) is 0 Å². The Balaban J connectivity index is 3.46. The van der Waals surface area contributed by atoms with Gasteiger partial charge in [-0.05, 0) is 34.3 Å². The number of hydrogen-bond donors (Lipinski definition) is 2. The molecule has 0 radical (unpaired) electrons. The summed E-state index contributed by atoms with van der Waals surface area (Å²) in [6.07, 6.45) is 2.40. The zero-order valence-electron chi connectivity index (χ0n) is 17.6. The van der Waals surface area contributed by atoms with Crippen molar-refractivity contribution in [1.29, 1.82) is 0 Å². The van der Waals surface area contributed by atoms with E-state index in [2.05, 4.69) is 68.4 Å². The maximum atomic E-state index is 10.8. The summed E-state index contributed by atoms with van der Waals surface area (Å²) < 4.78 is 0. The van der Waals surface area contributed by atoms with Crippen LogP contribution >= 0.6 is 0 Å². The molecule has 0 aliphatic rings. The average molecular weight is 348 g/mol. The second kappa shape index (κ2) is 7.49. The highest BCUT2D eigenvalue weighted by Gasteiger charge is 2.26. The van der Waals surface area contributed by atoms with Crippen molar-refractivity contribution >= 4 is 6.21 Å². The zero-order valence-corrected chi connectivity index (χ0v) is 17.6. The van der Waals surface area contributed by atoms with Gasteiger partial charge in [0, 0.05) is 23.9 Å². The summed E-state index contributed by atoms with van der Waals surface area (Å²) in [6, 6.07) is 4.15. The predicted molar refractivity (Wildman–Crippen MR) is 108 cm³/mol. The maximum Gasteiger partial charge on any atom is 0.128 e. The summed E-state index contributed by atoms with van der Waals surface area (Å²) in [6.45, 7) is 19.3. The number of aromatic hydroxyl groups is 1. The lowest BCUT2D eigenvalue weighted by molar-refractivity contribution is 0.227. The lowest BCUT2D eigenvalue weighted by Crippen LogP contribution is -2.25. The molecular formula is C22H37NO2. The molecule has 1 atom stereocenters. The molecule has 0 spiro atoms. The molecule has 0 saturated heterocycles. The molecule has 1 aromatic carbocycles. The van der Waals surface area contributed by atoms with E-state index in [-0.39, 0.29) is 28.9 Å². The second-order valence-electron chi connectivity index (χ2n) is 10.1. The predicted octanol–water partition coefficient (Wildman–Crippen LogP) is 5.20.